The molecule has 0 radical (unpaired) electrons. The maximum atomic E-state index is 13.7. The third-order valence-corrected chi connectivity index (χ3v) is 6.85. The summed E-state index contributed by atoms with van der Waals surface area (Å²) in [6, 6.07) is 23.0. The van der Waals surface area contributed by atoms with Crippen LogP contribution in [0.4, 0.5) is 11.4 Å². The number of anilines is 2. The molecule has 0 spiro atoms. The van der Waals surface area contributed by atoms with Crippen LogP contribution in [-0.2, 0) is 4.79 Å². The summed E-state index contributed by atoms with van der Waals surface area (Å²) >= 11 is 0. The predicted molar refractivity (Wildman–Crippen MR) is 134 cm³/mol. The van der Waals surface area contributed by atoms with E-state index in [1.165, 1.54) is 6.26 Å². The van der Waals surface area contributed by atoms with E-state index in [2.05, 4.69) is 22.8 Å². The molecule has 1 aliphatic heterocycles. The summed E-state index contributed by atoms with van der Waals surface area (Å²) in [5, 5.41) is 7.52. The second-order valence-corrected chi connectivity index (χ2v) is 9.10. The Morgan fingerprint density at radius 1 is 0.882 bits per heavy atom. The van der Waals surface area contributed by atoms with Crippen LogP contribution in [0.2, 0.25) is 0 Å². The smallest absolute Gasteiger partial charge is 0.198 e. The minimum atomic E-state index is -0.600. The van der Waals surface area contributed by atoms with Crippen molar-refractivity contribution in [3.05, 3.63) is 117 Å². The van der Waals surface area contributed by atoms with Gasteiger partial charge in [0.2, 0.25) is 0 Å². The van der Waals surface area contributed by atoms with Crippen LogP contribution in [0.1, 0.15) is 41.5 Å². The van der Waals surface area contributed by atoms with Gasteiger partial charge in [-0.1, -0.05) is 54.1 Å². The molecule has 4 aromatic rings. The fourth-order valence-corrected chi connectivity index (χ4v) is 5.15. The summed E-state index contributed by atoms with van der Waals surface area (Å²) in [5.41, 5.74) is 6.19. The second-order valence-electron chi connectivity index (χ2n) is 9.10. The average molecular weight is 449 g/mol. The van der Waals surface area contributed by atoms with Gasteiger partial charge in [0.15, 0.2) is 11.2 Å². The molecule has 1 aromatic heterocycles. The Labute approximate surface area is 197 Å². The number of aryl methyl sites for hydroxylation is 1. The first kappa shape index (κ1) is 20.5. The van der Waals surface area contributed by atoms with Crippen LogP contribution in [0.25, 0.3) is 11.0 Å². The second kappa shape index (κ2) is 8.03. The number of carbonyl (C=O) groups is 1. The molecular formula is C29H24N2O3. The van der Waals surface area contributed by atoms with E-state index in [9.17, 15) is 9.59 Å². The van der Waals surface area contributed by atoms with Crippen molar-refractivity contribution in [2.45, 2.75) is 31.7 Å². The number of para-hydroxylation sites is 2. The molecule has 168 valence electrons. The Balaban J connectivity index is 1.53. The summed E-state index contributed by atoms with van der Waals surface area (Å²) in [6.45, 7) is 1.95. The van der Waals surface area contributed by atoms with Gasteiger partial charge in [0.25, 0.3) is 0 Å². The highest BCUT2D eigenvalue weighted by Gasteiger charge is 2.37. The van der Waals surface area contributed by atoms with Crippen molar-refractivity contribution in [3.8, 4) is 0 Å². The third kappa shape index (κ3) is 3.41. The van der Waals surface area contributed by atoms with Crippen molar-refractivity contribution in [1.29, 1.82) is 0 Å². The van der Waals surface area contributed by atoms with Gasteiger partial charge in [-0.15, -0.1) is 0 Å². The Kier molecular flexibility index (Phi) is 4.84. The van der Waals surface area contributed by atoms with Gasteiger partial charge in [0.05, 0.1) is 28.4 Å². The van der Waals surface area contributed by atoms with Gasteiger partial charge in [-0.2, -0.15) is 0 Å². The van der Waals surface area contributed by atoms with Crippen LogP contribution in [-0.4, -0.2) is 5.78 Å². The van der Waals surface area contributed by atoms with Gasteiger partial charge >= 0.3 is 0 Å². The molecule has 2 aliphatic rings. The Hall–Kier alpha value is -4.12. The van der Waals surface area contributed by atoms with E-state index in [0.29, 0.717) is 34.9 Å². The highest BCUT2D eigenvalue weighted by Crippen LogP contribution is 2.43. The largest absolute Gasteiger partial charge is 0.464 e. The fraction of sp³-hybridized carbons (Fsp3) is 0.172. The summed E-state index contributed by atoms with van der Waals surface area (Å²) in [6.07, 6.45) is 2.60. The van der Waals surface area contributed by atoms with Gasteiger partial charge in [0.1, 0.15) is 11.8 Å². The quantitative estimate of drug-likeness (QED) is 0.389. The van der Waals surface area contributed by atoms with Crippen molar-refractivity contribution >= 4 is 28.1 Å². The molecule has 2 heterocycles. The van der Waals surface area contributed by atoms with Gasteiger partial charge in [0, 0.05) is 17.7 Å². The molecule has 0 saturated carbocycles. The molecule has 5 nitrogen and oxygen atoms in total. The number of fused-ring (bicyclic) bond motifs is 2. The minimum absolute atomic E-state index is 0.0386. The molecule has 2 atom stereocenters. The summed E-state index contributed by atoms with van der Waals surface area (Å²) in [4.78, 5) is 27.3. The zero-order valence-electron chi connectivity index (χ0n) is 18.8. The zero-order valence-corrected chi connectivity index (χ0v) is 18.8. The number of Topliss-reactive ketones (excluding diaryl/α,β-unsaturated/α-hetero) is 1. The van der Waals surface area contributed by atoms with Crippen LogP contribution >= 0.6 is 0 Å². The monoisotopic (exact) mass is 448 g/mol. The predicted octanol–water partition coefficient (Wildman–Crippen LogP) is 6.08. The standard InChI is InChI=1S/C29H24N2O3/c1-17-11-12-26-20(13-17)29(33)21(16-34-26)28-27-24(30-22-9-5-6-10-23(22)31-28)14-19(15-25(27)32)18-7-3-2-4-8-18/h2-13,16,19,28,30-31H,14-15H2,1H3/t19-,28-/m1/s1. The van der Waals surface area contributed by atoms with Gasteiger partial charge in [-0.05, 0) is 49.1 Å². The number of rotatable bonds is 2. The Morgan fingerprint density at radius 2 is 1.65 bits per heavy atom. The van der Waals surface area contributed by atoms with Gasteiger partial charge in [-0.3, -0.25) is 9.59 Å². The number of nitrogens with one attached hydrogen (secondary N) is 2. The van der Waals surface area contributed by atoms with Crippen LogP contribution in [0.15, 0.2) is 99.5 Å². The molecule has 34 heavy (non-hydrogen) atoms. The molecule has 6 rings (SSSR count). The molecule has 5 heteroatoms. The number of carbonyl (C=O) groups excluding carboxylic acids is 1. The molecule has 0 bridgehead atoms. The van der Waals surface area contributed by atoms with E-state index in [0.717, 1.165) is 28.2 Å². The van der Waals surface area contributed by atoms with E-state index in [1.54, 1.807) is 0 Å². The van der Waals surface area contributed by atoms with Crippen molar-refractivity contribution in [1.82, 2.24) is 0 Å². The van der Waals surface area contributed by atoms with Gasteiger partial charge in [-0.25, -0.2) is 0 Å². The SMILES string of the molecule is Cc1ccc2occ([C@H]3Nc4ccccc4NC4=C3C(=O)C[C@H](c3ccccc3)C4)c(=O)c2c1. The maximum absolute atomic E-state index is 13.7. The van der Waals surface area contributed by atoms with E-state index in [4.69, 9.17) is 4.42 Å². The lowest BCUT2D eigenvalue weighted by molar-refractivity contribution is -0.116. The van der Waals surface area contributed by atoms with Crippen molar-refractivity contribution in [2.24, 2.45) is 0 Å². The molecule has 0 saturated heterocycles. The first-order valence-electron chi connectivity index (χ1n) is 11.5. The number of hydrogen-bond donors (Lipinski definition) is 2. The highest BCUT2D eigenvalue weighted by molar-refractivity contribution is 6.01. The first-order chi connectivity index (χ1) is 16.6. The summed E-state index contributed by atoms with van der Waals surface area (Å²) in [7, 11) is 0. The Morgan fingerprint density at radius 3 is 2.47 bits per heavy atom. The number of allylic oxidation sites excluding steroid dienone is 1. The van der Waals surface area contributed by atoms with Crippen molar-refractivity contribution < 1.29 is 9.21 Å². The molecular weight excluding hydrogens is 424 g/mol. The lowest BCUT2D eigenvalue weighted by Gasteiger charge is -2.29. The molecule has 0 amide bonds. The van der Waals surface area contributed by atoms with Crippen LogP contribution in [0.3, 0.4) is 0 Å². The molecule has 0 fully saturated rings. The minimum Gasteiger partial charge on any atom is -0.464 e. The average Bonchev–Trinajstić information content (AvgIpc) is 3.02. The lowest BCUT2D eigenvalue weighted by atomic mass is 9.78. The summed E-state index contributed by atoms with van der Waals surface area (Å²) < 4.78 is 5.87. The molecule has 2 N–H and O–H groups in total. The van der Waals surface area contributed by atoms with Crippen molar-refractivity contribution in [3.63, 3.8) is 0 Å². The van der Waals surface area contributed by atoms with E-state index < -0.39 is 6.04 Å². The lowest BCUT2D eigenvalue weighted by Crippen LogP contribution is -2.29. The van der Waals surface area contributed by atoms with Gasteiger partial charge < -0.3 is 15.1 Å². The number of benzene rings is 3. The topological polar surface area (TPSA) is 71.3 Å². The Bertz CT molecular complexity index is 1520. The van der Waals surface area contributed by atoms with Crippen molar-refractivity contribution in [2.75, 3.05) is 10.6 Å². The molecule has 0 unspecified atom stereocenters. The normalized spacial score (nSPS) is 19.6. The maximum Gasteiger partial charge on any atom is 0.198 e. The highest BCUT2D eigenvalue weighted by atomic mass is 16.3. The fourth-order valence-electron chi connectivity index (χ4n) is 5.15. The molecule has 1 aliphatic carbocycles. The van der Waals surface area contributed by atoms with Crippen LogP contribution in [0, 0.1) is 6.92 Å². The van der Waals surface area contributed by atoms with Crippen LogP contribution in [0.5, 0.6) is 0 Å². The number of hydrogen-bond acceptors (Lipinski definition) is 5. The van der Waals surface area contributed by atoms with Crippen LogP contribution < -0.4 is 16.1 Å². The number of ketones is 1. The van der Waals surface area contributed by atoms with E-state index in [-0.39, 0.29) is 17.1 Å². The molecule has 3 aromatic carbocycles. The van der Waals surface area contributed by atoms with E-state index >= 15 is 0 Å². The van der Waals surface area contributed by atoms with E-state index in [1.807, 2.05) is 67.6 Å². The first-order valence-corrected chi connectivity index (χ1v) is 11.5. The zero-order chi connectivity index (χ0) is 23.2. The summed E-state index contributed by atoms with van der Waals surface area (Å²) in [5.74, 6) is 0.123. The third-order valence-electron chi connectivity index (χ3n) is 6.85.